The summed E-state index contributed by atoms with van der Waals surface area (Å²) in [5, 5.41) is 3.87. The van der Waals surface area contributed by atoms with E-state index in [2.05, 4.69) is 14.9 Å². The maximum absolute atomic E-state index is 13.5. The van der Waals surface area contributed by atoms with Crippen LogP contribution in [0.2, 0.25) is 0 Å². The second-order valence-corrected chi connectivity index (χ2v) is 8.44. The van der Waals surface area contributed by atoms with Gasteiger partial charge in [-0.1, -0.05) is 24.3 Å². The second-order valence-electron chi connectivity index (χ2n) is 8.44. The number of aromatic nitrogens is 4. The van der Waals surface area contributed by atoms with Crippen molar-refractivity contribution in [3.8, 4) is 0 Å². The molecule has 0 bridgehead atoms. The summed E-state index contributed by atoms with van der Waals surface area (Å²) in [7, 11) is 1.96. The van der Waals surface area contributed by atoms with Crippen LogP contribution in [0.4, 0.5) is 0 Å². The minimum atomic E-state index is -0.183. The van der Waals surface area contributed by atoms with Gasteiger partial charge in [0.05, 0.1) is 23.7 Å². The Morgan fingerprint density at radius 3 is 2.79 bits per heavy atom. The Labute approximate surface area is 191 Å². The third kappa shape index (κ3) is 4.00. The lowest BCUT2D eigenvalue weighted by Gasteiger charge is -2.33. The van der Waals surface area contributed by atoms with E-state index >= 15 is 0 Å². The van der Waals surface area contributed by atoms with Crippen LogP contribution in [0.1, 0.15) is 40.4 Å². The Morgan fingerprint density at radius 2 is 1.97 bits per heavy atom. The maximum Gasteiger partial charge on any atom is 0.256 e. The maximum atomic E-state index is 13.5. The zero-order chi connectivity index (χ0) is 22.9. The van der Waals surface area contributed by atoms with Crippen molar-refractivity contribution in [1.82, 2.24) is 29.3 Å². The number of amides is 2. The number of fused-ring (bicyclic) bond motifs is 2. The summed E-state index contributed by atoms with van der Waals surface area (Å²) >= 11 is 0. The van der Waals surface area contributed by atoms with Crippen LogP contribution in [0, 0.1) is 0 Å². The molecule has 1 aliphatic rings. The highest BCUT2D eigenvalue weighted by Gasteiger charge is 2.31. The molecule has 1 aliphatic heterocycles. The van der Waals surface area contributed by atoms with E-state index in [1.165, 1.54) is 0 Å². The predicted molar refractivity (Wildman–Crippen MR) is 124 cm³/mol. The first-order chi connectivity index (χ1) is 16.0. The molecule has 1 aromatic carbocycles. The Bertz CT molecular complexity index is 1320. The molecule has 8 nitrogen and oxygen atoms in total. The molecule has 5 rings (SSSR count). The van der Waals surface area contributed by atoms with E-state index in [-0.39, 0.29) is 24.3 Å². The highest BCUT2D eigenvalue weighted by molar-refractivity contribution is 6.07. The number of hydrogen-bond donors (Lipinski definition) is 1. The summed E-state index contributed by atoms with van der Waals surface area (Å²) < 4.78 is 4.04. The quantitative estimate of drug-likeness (QED) is 0.515. The molecule has 0 fully saturated rings. The van der Waals surface area contributed by atoms with E-state index < -0.39 is 0 Å². The fourth-order valence-electron chi connectivity index (χ4n) is 4.51. The molecule has 1 N–H and O–H groups in total. The normalized spacial score (nSPS) is 15.5. The van der Waals surface area contributed by atoms with Crippen LogP contribution in [0.25, 0.3) is 10.9 Å². The number of para-hydroxylation sites is 1. The van der Waals surface area contributed by atoms with Gasteiger partial charge in [0.25, 0.3) is 5.91 Å². The fraction of sp³-hybridized carbons (Fsp3) is 0.280. The summed E-state index contributed by atoms with van der Waals surface area (Å²) in [4.78, 5) is 36.5. The summed E-state index contributed by atoms with van der Waals surface area (Å²) in [5.41, 5.74) is 3.40. The summed E-state index contributed by atoms with van der Waals surface area (Å²) in [5.74, 6) is 0.722. The minimum Gasteiger partial charge on any atom is -0.352 e. The zero-order valence-corrected chi connectivity index (χ0v) is 18.7. The van der Waals surface area contributed by atoms with E-state index in [9.17, 15) is 9.59 Å². The van der Waals surface area contributed by atoms with Gasteiger partial charge in [-0.2, -0.15) is 0 Å². The van der Waals surface area contributed by atoms with Crippen molar-refractivity contribution < 1.29 is 9.59 Å². The topological polar surface area (TPSA) is 85.1 Å². The monoisotopic (exact) mass is 442 g/mol. The van der Waals surface area contributed by atoms with Gasteiger partial charge < -0.3 is 19.4 Å². The smallest absolute Gasteiger partial charge is 0.256 e. The summed E-state index contributed by atoms with van der Waals surface area (Å²) in [6, 6.07) is 11.5. The van der Waals surface area contributed by atoms with Crippen molar-refractivity contribution in [3.63, 3.8) is 0 Å². The number of aryl methyl sites for hydroxylation is 1. The first-order valence-corrected chi connectivity index (χ1v) is 11.1. The van der Waals surface area contributed by atoms with Crippen molar-refractivity contribution in [2.24, 2.45) is 7.05 Å². The minimum absolute atomic E-state index is 0.00399. The molecular weight excluding hydrogens is 416 g/mol. The lowest BCUT2D eigenvalue weighted by molar-refractivity contribution is -0.120. The van der Waals surface area contributed by atoms with Crippen LogP contribution in [0.3, 0.4) is 0 Å². The van der Waals surface area contributed by atoms with Crippen molar-refractivity contribution in [2.45, 2.75) is 32.5 Å². The van der Waals surface area contributed by atoms with Crippen LogP contribution < -0.4 is 5.32 Å². The SMILES string of the molecule is CC1c2nc(CC(=O)NCc3cccnc3)cn2CCN1C(=O)c1cn(C)c2ccccc12. The highest BCUT2D eigenvalue weighted by atomic mass is 16.2. The number of hydrogen-bond acceptors (Lipinski definition) is 4. The van der Waals surface area contributed by atoms with Gasteiger partial charge in [-0.25, -0.2) is 4.98 Å². The lowest BCUT2D eigenvalue weighted by atomic mass is 10.1. The molecule has 8 heteroatoms. The van der Waals surface area contributed by atoms with Gasteiger partial charge in [0.1, 0.15) is 5.82 Å². The number of carbonyl (C=O) groups is 2. The van der Waals surface area contributed by atoms with Gasteiger partial charge in [0, 0.05) is 62.4 Å². The van der Waals surface area contributed by atoms with E-state index in [4.69, 9.17) is 4.98 Å². The van der Waals surface area contributed by atoms with Crippen molar-refractivity contribution in [3.05, 3.63) is 83.8 Å². The molecule has 3 aromatic heterocycles. The molecule has 0 radical (unpaired) electrons. The van der Waals surface area contributed by atoms with E-state index in [1.54, 1.807) is 12.4 Å². The van der Waals surface area contributed by atoms with Crippen LogP contribution >= 0.6 is 0 Å². The van der Waals surface area contributed by atoms with Gasteiger partial charge in [-0.15, -0.1) is 0 Å². The molecule has 1 atom stereocenters. The molecule has 2 amide bonds. The largest absolute Gasteiger partial charge is 0.352 e. The Hall–Kier alpha value is -3.94. The molecule has 0 saturated heterocycles. The molecule has 4 heterocycles. The Morgan fingerprint density at radius 1 is 1.12 bits per heavy atom. The second kappa shape index (κ2) is 8.54. The Kier molecular flexibility index (Phi) is 5.42. The molecule has 0 saturated carbocycles. The molecular formula is C25H26N6O2. The van der Waals surface area contributed by atoms with Gasteiger partial charge in [0.2, 0.25) is 5.91 Å². The van der Waals surface area contributed by atoms with E-state index in [0.29, 0.717) is 30.9 Å². The number of nitrogens with zero attached hydrogens (tertiary/aromatic N) is 5. The van der Waals surface area contributed by atoms with Gasteiger partial charge in [-0.05, 0) is 24.6 Å². The van der Waals surface area contributed by atoms with E-state index in [1.807, 2.05) is 72.2 Å². The first-order valence-electron chi connectivity index (χ1n) is 11.1. The van der Waals surface area contributed by atoms with Crippen LogP contribution in [-0.4, -0.2) is 42.4 Å². The number of benzene rings is 1. The Balaban J connectivity index is 1.30. The van der Waals surface area contributed by atoms with Gasteiger partial charge in [0.15, 0.2) is 0 Å². The predicted octanol–water partition coefficient (Wildman–Crippen LogP) is 2.85. The van der Waals surface area contributed by atoms with Crippen LogP contribution in [-0.2, 0) is 31.4 Å². The number of rotatable bonds is 5. The highest BCUT2D eigenvalue weighted by Crippen LogP contribution is 2.29. The standard InChI is InChI=1S/C25H26N6O2/c1-17-24-28-19(12-23(32)27-14-18-6-5-9-26-13-18)15-30(24)10-11-31(17)25(33)21-16-29(2)22-8-4-3-7-20(21)22/h3-9,13,15-17H,10-12,14H2,1-2H3,(H,27,32). The van der Waals surface area contributed by atoms with E-state index in [0.717, 1.165) is 22.3 Å². The third-order valence-corrected chi connectivity index (χ3v) is 6.22. The van der Waals surface area contributed by atoms with Crippen molar-refractivity contribution >= 4 is 22.7 Å². The zero-order valence-electron chi connectivity index (χ0n) is 18.7. The number of nitrogens with one attached hydrogen (secondary N) is 1. The molecule has 0 spiro atoms. The lowest BCUT2D eigenvalue weighted by Crippen LogP contribution is -2.41. The molecule has 4 aromatic rings. The fourth-order valence-corrected chi connectivity index (χ4v) is 4.51. The number of pyridine rings is 1. The molecule has 0 aliphatic carbocycles. The molecule has 168 valence electrons. The first kappa shape index (κ1) is 20.9. The van der Waals surface area contributed by atoms with Crippen molar-refractivity contribution in [1.29, 1.82) is 0 Å². The van der Waals surface area contributed by atoms with Crippen LogP contribution in [0.15, 0.2) is 61.2 Å². The average Bonchev–Trinajstić information content (AvgIpc) is 3.40. The third-order valence-electron chi connectivity index (χ3n) is 6.22. The number of imidazole rings is 1. The molecule has 1 unspecified atom stereocenters. The summed E-state index contributed by atoms with van der Waals surface area (Å²) in [6.45, 7) is 3.68. The van der Waals surface area contributed by atoms with Crippen molar-refractivity contribution in [2.75, 3.05) is 6.54 Å². The average molecular weight is 443 g/mol. The van der Waals surface area contributed by atoms with Gasteiger partial charge >= 0.3 is 0 Å². The molecule has 33 heavy (non-hydrogen) atoms. The van der Waals surface area contributed by atoms with Gasteiger partial charge in [-0.3, -0.25) is 14.6 Å². The summed E-state index contributed by atoms with van der Waals surface area (Å²) in [6.07, 6.45) is 7.47. The van der Waals surface area contributed by atoms with Crippen LogP contribution in [0.5, 0.6) is 0 Å². The number of carbonyl (C=O) groups excluding carboxylic acids is 2.